The number of piperidine rings is 1. The van der Waals surface area contributed by atoms with Gasteiger partial charge in [-0.05, 0) is 38.3 Å². The standard InChI is InChI=1S/C11H19ClN4O2S/c1-16-8-14-11(10(16)12)19(17,18)15-6-4-9-3-2-5-13-7-9/h8-9,13,15H,2-7H2,1H3. The molecule has 1 aromatic heterocycles. The molecule has 2 rings (SSSR count). The van der Waals surface area contributed by atoms with Crippen molar-refractivity contribution in [2.45, 2.75) is 24.3 Å². The molecule has 0 bridgehead atoms. The Hall–Kier alpha value is -0.630. The van der Waals surface area contributed by atoms with E-state index < -0.39 is 10.0 Å². The summed E-state index contributed by atoms with van der Waals surface area (Å²) >= 11 is 5.89. The first-order valence-corrected chi connectivity index (χ1v) is 8.24. The number of imidazole rings is 1. The van der Waals surface area contributed by atoms with Gasteiger partial charge in [-0.2, -0.15) is 0 Å². The van der Waals surface area contributed by atoms with Gasteiger partial charge in [0.25, 0.3) is 10.0 Å². The van der Waals surface area contributed by atoms with Crippen molar-refractivity contribution in [2.24, 2.45) is 13.0 Å². The second-order valence-corrected chi connectivity index (χ2v) is 6.89. The van der Waals surface area contributed by atoms with Crippen molar-refractivity contribution in [1.82, 2.24) is 19.6 Å². The maximum atomic E-state index is 12.0. The largest absolute Gasteiger partial charge is 0.324 e. The molecule has 8 heteroatoms. The fourth-order valence-corrected chi connectivity index (χ4v) is 3.68. The van der Waals surface area contributed by atoms with Crippen LogP contribution >= 0.6 is 11.6 Å². The summed E-state index contributed by atoms with van der Waals surface area (Å²) < 4.78 is 28.1. The molecule has 0 spiro atoms. The summed E-state index contributed by atoms with van der Waals surface area (Å²) in [5, 5.41) is 3.35. The summed E-state index contributed by atoms with van der Waals surface area (Å²) in [7, 11) is -1.95. The average molecular weight is 307 g/mol. The predicted molar refractivity (Wildman–Crippen MR) is 73.6 cm³/mol. The lowest BCUT2D eigenvalue weighted by atomic mass is 9.96. The van der Waals surface area contributed by atoms with Gasteiger partial charge in [0.15, 0.2) is 0 Å². The molecule has 2 N–H and O–H groups in total. The normalized spacial score (nSPS) is 20.6. The SMILES string of the molecule is Cn1cnc(S(=O)(=O)NCCC2CCCNC2)c1Cl. The first-order valence-electron chi connectivity index (χ1n) is 6.38. The number of aryl methyl sites for hydroxylation is 1. The molecule has 1 saturated heterocycles. The molecule has 0 saturated carbocycles. The van der Waals surface area contributed by atoms with Crippen LogP contribution in [0.4, 0.5) is 0 Å². The first-order chi connectivity index (χ1) is 9.00. The first kappa shape index (κ1) is 14.8. The van der Waals surface area contributed by atoms with Gasteiger partial charge in [0, 0.05) is 13.6 Å². The van der Waals surface area contributed by atoms with Crippen molar-refractivity contribution in [1.29, 1.82) is 0 Å². The molecule has 1 fully saturated rings. The van der Waals surface area contributed by atoms with E-state index in [1.54, 1.807) is 7.05 Å². The number of hydrogen-bond acceptors (Lipinski definition) is 4. The van der Waals surface area contributed by atoms with Crippen molar-refractivity contribution in [3.8, 4) is 0 Å². The molecule has 0 radical (unpaired) electrons. The summed E-state index contributed by atoms with van der Waals surface area (Å²) in [4.78, 5) is 3.82. The summed E-state index contributed by atoms with van der Waals surface area (Å²) in [5.74, 6) is 0.538. The molecule has 108 valence electrons. The number of halogens is 1. The van der Waals surface area contributed by atoms with Crippen molar-refractivity contribution < 1.29 is 8.42 Å². The molecule has 2 heterocycles. The van der Waals surface area contributed by atoms with E-state index in [-0.39, 0.29) is 10.2 Å². The van der Waals surface area contributed by atoms with Gasteiger partial charge in [-0.3, -0.25) is 0 Å². The number of sulfonamides is 1. The Morgan fingerprint density at radius 3 is 3.00 bits per heavy atom. The maximum Gasteiger partial charge on any atom is 0.261 e. The second kappa shape index (κ2) is 6.21. The van der Waals surface area contributed by atoms with E-state index in [1.807, 2.05) is 0 Å². The van der Waals surface area contributed by atoms with Crippen LogP contribution in [0.1, 0.15) is 19.3 Å². The molecule has 1 unspecified atom stereocenters. The molecule has 0 aliphatic carbocycles. The van der Waals surface area contributed by atoms with Crippen LogP contribution in [-0.4, -0.2) is 37.6 Å². The Balaban J connectivity index is 1.89. The molecule has 0 amide bonds. The minimum absolute atomic E-state index is 0.0987. The van der Waals surface area contributed by atoms with Crippen LogP contribution in [0.3, 0.4) is 0 Å². The van der Waals surface area contributed by atoms with Gasteiger partial charge in [-0.25, -0.2) is 18.1 Å². The van der Waals surface area contributed by atoms with Crippen molar-refractivity contribution in [2.75, 3.05) is 19.6 Å². The van der Waals surface area contributed by atoms with Crippen molar-refractivity contribution in [3.63, 3.8) is 0 Å². The lowest BCUT2D eigenvalue weighted by Crippen LogP contribution is -2.33. The van der Waals surface area contributed by atoms with Crippen LogP contribution in [0.5, 0.6) is 0 Å². The van der Waals surface area contributed by atoms with E-state index in [9.17, 15) is 8.42 Å². The fourth-order valence-electron chi connectivity index (χ4n) is 2.21. The number of nitrogens with zero attached hydrogens (tertiary/aromatic N) is 2. The molecule has 1 atom stereocenters. The molecule has 19 heavy (non-hydrogen) atoms. The smallest absolute Gasteiger partial charge is 0.261 e. The third kappa shape index (κ3) is 3.68. The Bertz CT molecular complexity index is 523. The molecule has 1 aromatic rings. The molecule has 1 aliphatic rings. The zero-order chi connectivity index (χ0) is 13.9. The quantitative estimate of drug-likeness (QED) is 0.841. The monoisotopic (exact) mass is 306 g/mol. The van der Waals surface area contributed by atoms with Gasteiger partial charge in [0.05, 0.1) is 6.33 Å². The van der Waals surface area contributed by atoms with Crippen molar-refractivity contribution in [3.05, 3.63) is 11.5 Å². The number of hydrogen-bond donors (Lipinski definition) is 2. The Labute approximate surface area is 118 Å². The van der Waals surface area contributed by atoms with Crippen molar-refractivity contribution >= 4 is 21.6 Å². The van der Waals surface area contributed by atoms with Gasteiger partial charge in [0.2, 0.25) is 5.03 Å². The van der Waals surface area contributed by atoms with Gasteiger partial charge in [0.1, 0.15) is 5.15 Å². The third-order valence-corrected chi connectivity index (χ3v) is 5.28. The minimum Gasteiger partial charge on any atom is -0.324 e. The Kier molecular flexibility index (Phi) is 4.83. The highest BCUT2D eigenvalue weighted by molar-refractivity contribution is 7.89. The van der Waals surface area contributed by atoms with E-state index >= 15 is 0 Å². The summed E-state index contributed by atoms with van der Waals surface area (Å²) in [5.41, 5.74) is 0. The third-order valence-electron chi connectivity index (χ3n) is 3.33. The zero-order valence-electron chi connectivity index (χ0n) is 10.9. The lowest BCUT2D eigenvalue weighted by Gasteiger charge is -2.22. The number of aromatic nitrogens is 2. The summed E-state index contributed by atoms with van der Waals surface area (Å²) in [6.07, 6.45) is 4.53. The molecule has 6 nitrogen and oxygen atoms in total. The second-order valence-electron chi connectivity index (χ2n) is 4.85. The number of rotatable bonds is 5. The fraction of sp³-hybridized carbons (Fsp3) is 0.727. The summed E-state index contributed by atoms with van der Waals surface area (Å²) in [6.45, 7) is 2.44. The van der Waals surface area contributed by atoms with Gasteiger partial charge in [-0.1, -0.05) is 11.6 Å². The van der Waals surface area contributed by atoms with Crippen LogP contribution < -0.4 is 10.0 Å². The lowest BCUT2D eigenvalue weighted by molar-refractivity contribution is 0.358. The van der Waals surface area contributed by atoms with Gasteiger partial charge < -0.3 is 9.88 Å². The minimum atomic E-state index is -3.61. The van der Waals surface area contributed by atoms with E-state index in [1.165, 1.54) is 10.9 Å². The van der Waals surface area contributed by atoms with Crippen LogP contribution in [0.15, 0.2) is 11.4 Å². The van der Waals surface area contributed by atoms with Gasteiger partial charge >= 0.3 is 0 Å². The topological polar surface area (TPSA) is 76.0 Å². The van der Waals surface area contributed by atoms with Crippen LogP contribution in [0, 0.1) is 5.92 Å². The zero-order valence-corrected chi connectivity index (χ0v) is 12.5. The highest BCUT2D eigenvalue weighted by Crippen LogP contribution is 2.19. The van der Waals surface area contributed by atoms with Gasteiger partial charge in [-0.15, -0.1) is 0 Å². The highest BCUT2D eigenvalue weighted by Gasteiger charge is 2.22. The molecular formula is C11H19ClN4O2S. The maximum absolute atomic E-state index is 12.0. The molecule has 1 aliphatic heterocycles. The summed E-state index contributed by atoms with van der Waals surface area (Å²) in [6, 6.07) is 0. The molecular weight excluding hydrogens is 288 g/mol. The van der Waals surface area contributed by atoms with E-state index in [2.05, 4.69) is 15.0 Å². The predicted octanol–water partition coefficient (Wildman–Crippen LogP) is 0.741. The van der Waals surface area contributed by atoms with Crippen LogP contribution in [0.2, 0.25) is 5.15 Å². The Morgan fingerprint density at radius 2 is 2.42 bits per heavy atom. The number of nitrogens with one attached hydrogen (secondary N) is 2. The van der Waals surface area contributed by atoms with E-state index in [0.717, 1.165) is 32.4 Å². The van der Waals surface area contributed by atoms with E-state index in [4.69, 9.17) is 11.6 Å². The van der Waals surface area contributed by atoms with E-state index in [0.29, 0.717) is 12.5 Å². The van der Waals surface area contributed by atoms with Crippen LogP contribution in [0.25, 0.3) is 0 Å². The molecule has 0 aromatic carbocycles. The van der Waals surface area contributed by atoms with Crippen LogP contribution in [-0.2, 0) is 17.1 Å². The average Bonchev–Trinajstić information content (AvgIpc) is 2.72. The Morgan fingerprint density at radius 1 is 1.63 bits per heavy atom. The highest BCUT2D eigenvalue weighted by atomic mass is 35.5.